The highest BCUT2D eigenvalue weighted by Gasteiger charge is 2.05. The van der Waals surface area contributed by atoms with Crippen molar-refractivity contribution in [1.82, 2.24) is 5.32 Å². The summed E-state index contributed by atoms with van der Waals surface area (Å²) in [6, 6.07) is 9.75. The van der Waals surface area contributed by atoms with Gasteiger partial charge >= 0.3 is 0 Å². The molecule has 0 atom stereocenters. The van der Waals surface area contributed by atoms with Crippen LogP contribution in [0.1, 0.15) is 5.56 Å². The van der Waals surface area contributed by atoms with Gasteiger partial charge in [0.05, 0.1) is 0 Å². The minimum atomic E-state index is 0. The first-order valence-corrected chi connectivity index (χ1v) is 6.41. The normalized spacial score (nSPS) is 11.3. The van der Waals surface area contributed by atoms with Crippen LogP contribution in [0.25, 0.3) is 10.8 Å². The van der Waals surface area contributed by atoms with E-state index < -0.39 is 0 Å². The monoisotopic (exact) mass is 316 g/mol. The SMILES string of the molecule is CN=C(Cc1ccc2c(Cl)ccc(Cl)c2c1)NC.Cl. The van der Waals surface area contributed by atoms with Crippen LogP contribution in [0.5, 0.6) is 0 Å². The van der Waals surface area contributed by atoms with Crippen LogP contribution in [-0.2, 0) is 6.42 Å². The molecule has 0 saturated carbocycles. The first-order valence-electron chi connectivity index (χ1n) is 5.65. The Hall–Kier alpha value is -0.960. The van der Waals surface area contributed by atoms with E-state index >= 15 is 0 Å². The van der Waals surface area contributed by atoms with Gasteiger partial charge in [-0.25, -0.2) is 0 Å². The lowest BCUT2D eigenvalue weighted by atomic mass is 10.0. The number of rotatable bonds is 2. The van der Waals surface area contributed by atoms with Crippen molar-refractivity contribution in [3.63, 3.8) is 0 Å². The molecule has 0 spiro atoms. The molecule has 102 valence electrons. The number of fused-ring (bicyclic) bond motifs is 1. The molecule has 0 aliphatic rings. The zero-order chi connectivity index (χ0) is 13.1. The van der Waals surface area contributed by atoms with E-state index in [9.17, 15) is 0 Å². The van der Waals surface area contributed by atoms with Crippen molar-refractivity contribution in [3.8, 4) is 0 Å². The second kappa shape index (κ2) is 6.99. The first kappa shape index (κ1) is 16.1. The molecule has 0 bridgehead atoms. The van der Waals surface area contributed by atoms with E-state index in [-0.39, 0.29) is 12.4 Å². The standard InChI is InChI=1S/C14H14Cl2N2.ClH/c1-17-14(18-2)8-9-3-4-10-11(7-9)13(16)6-5-12(10)15;/h3-7H,8H2,1-2H3,(H,17,18);1H. The average molecular weight is 318 g/mol. The minimum absolute atomic E-state index is 0. The Labute approximate surface area is 129 Å². The highest BCUT2D eigenvalue weighted by molar-refractivity contribution is 6.40. The third-order valence-electron chi connectivity index (χ3n) is 2.90. The zero-order valence-electron chi connectivity index (χ0n) is 10.7. The van der Waals surface area contributed by atoms with Crippen molar-refractivity contribution in [2.75, 3.05) is 14.1 Å². The predicted molar refractivity (Wildman–Crippen MR) is 87.3 cm³/mol. The number of nitrogens with one attached hydrogen (secondary N) is 1. The predicted octanol–water partition coefficient (Wildman–Crippen LogP) is 4.36. The molecule has 5 heteroatoms. The Morgan fingerprint density at radius 3 is 2.32 bits per heavy atom. The summed E-state index contributed by atoms with van der Waals surface area (Å²) in [4.78, 5) is 4.17. The number of likely N-dealkylation sites (N-methyl/N-ethyl adjacent to an activating group) is 1. The first-order chi connectivity index (χ1) is 8.65. The van der Waals surface area contributed by atoms with Gasteiger partial charge in [0.1, 0.15) is 5.84 Å². The van der Waals surface area contributed by atoms with E-state index in [1.165, 1.54) is 0 Å². The molecule has 2 rings (SSSR count). The number of hydrogen-bond donors (Lipinski definition) is 1. The van der Waals surface area contributed by atoms with Gasteiger partial charge < -0.3 is 5.32 Å². The molecule has 0 radical (unpaired) electrons. The third-order valence-corrected chi connectivity index (χ3v) is 3.56. The molecule has 0 aromatic heterocycles. The summed E-state index contributed by atoms with van der Waals surface area (Å²) in [5.74, 6) is 0.938. The van der Waals surface area contributed by atoms with Gasteiger partial charge in [-0.2, -0.15) is 0 Å². The molecule has 19 heavy (non-hydrogen) atoms. The zero-order valence-corrected chi connectivity index (χ0v) is 13.0. The molecule has 2 aromatic rings. The van der Waals surface area contributed by atoms with Crippen LogP contribution in [0, 0.1) is 0 Å². The smallest absolute Gasteiger partial charge is 0.100 e. The van der Waals surface area contributed by atoms with Crippen LogP contribution >= 0.6 is 35.6 Å². The van der Waals surface area contributed by atoms with Crippen LogP contribution in [0.4, 0.5) is 0 Å². The van der Waals surface area contributed by atoms with Crippen LogP contribution in [0.3, 0.4) is 0 Å². The van der Waals surface area contributed by atoms with Gasteiger partial charge in [-0.05, 0) is 23.8 Å². The average Bonchev–Trinajstić information content (AvgIpc) is 2.40. The minimum Gasteiger partial charge on any atom is -0.377 e. The van der Waals surface area contributed by atoms with Crippen molar-refractivity contribution < 1.29 is 0 Å². The number of nitrogens with zero attached hydrogens (tertiary/aromatic N) is 1. The van der Waals surface area contributed by atoms with E-state index in [0.29, 0.717) is 0 Å². The second-order valence-electron chi connectivity index (χ2n) is 4.01. The lowest BCUT2D eigenvalue weighted by Gasteiger charge is -2.08. The Kier molecular flexibility index (Phi) is 5.92. The van der Waals surface area contributed by atoms with E-state index in [4.69, 9.17) is 23.2 Å². The van der Waals surface area contributed by atoms with Gasteiger partial charge in [-0.3, -0.25) is 4.99 Å². The Morgan fingerprint density at radius 1 is 1.11 bits per heavy atom. The molecule has 0 amide bonds. The summed E-state index contributed by atoms with van der Waals surface area (Å²) in [7, 11) is 3.64. The summed E-state index contributed by atoms with van der Waals surface area (Å²) < 4.78 is 0. The summed E-state index contributed by atoms with van der Waals surface area (Å²) in [6.45, 7) is 0. The Morgan fingerprint density at radius 2 is 1.74 bits per heavy atom. The number of aliphatic imine (C=N–C) groups is 1. The molecule has 2 nitrogen and oxygen atoms in total. The van der Waals surface area contributed by atoms with E-state index in [1.807, 2.05) is 31.3 Å². The Bertz CT molecular complexity index is 609. The fraction of sp³-hybridized carbons (Fsp3) is 0.214. The molecule has 0 heterocycles. The number of amidine groups is 1. The maximum atomic E-state index is 6.20. The number of halogens is 3. The lowest BCUT2D eigenvalue weighted by Crippen LogP contribution is -2.20. The van der Waals surface area contributed by atoms with Crippen molar-refractivity contribution >= 4 is 52.2 Å². The van der Waals surface area contributed by atoms with Crippen molar-refractivity contribution in [1.29, 1.82) is 0 Å². The van der Waals surface area contributed by atoms with Crippen molar-refractivity contribution in [2.24, 2.45) is 4.99 Å². The van der Waals surface area contributed by atoms with Gasteiger partial charge in [0, 0.05) is 41.3 Å². The van der Waals surface area contributed by atoms with Gasteiger partial charge in [0.15, 0.2) is 0 Å². The highest BCUT2D eigenvalue weighted by atomic mass is 35.5. The molecule has 0 saturated heterocycles. The van der Waals surface area contributed by atoms with Crippen molar-refractivity contribution in [3.05, 3.63) is 45.9 Å². The lowest BCUT2D eigenvalue weighted by molar-refractivity contribution is 1.09. The molecular formula is C14H15Cl3N2. The molecule has 1 N–H and O–H groups in total. The van der Waals surface area contributed by atoms with E-state index in [2.05, 4.69) is 16.4 Å². The molecule has 0 aliphatic carbocycles. The molecule has 0 unspecified atom stereocenters. The topological polar surface area (TPSA) is 24.4 Å². The fourth-order valence-electron chi connectivity index (χ4n) is 1.91. The summed E-state index contributed by atoms with van der Waals surface area (Å²) in [6.07, 6.45) is 0.756. The maximum Gasteiger partial charge on any atom is 0.100 e. The summed E-state index contributed by atoms with van der Waals surface area (Å²) >= 11 is 12.3. The quantitative estimate of drug-likeness (QED) is 0.646. The summed E-state index contributed by atoms with van der Waals surface area (Å²) in [5.41, 5.74) is 1.15. The highest BCUT2D eigenvalue weighted by Crippen LogP contribution is 2.30. The van der Waals surface area contributed by atoms with Crippen LogP contribution in [0.15, 0.2) is 35.3 Å². The van der Waals surface area contributed by atoms with E-state index in [1.54, 1.807) is 7.05 Å². The van der Waals surface area contributed by atoms with E-state index in [0.717, 1.165) is 38.6 Å². The van der Waals surface area contributed by atoms with Gasteiger partial charge in [-0.15, -0.1) is 12.4 Å². The fourth-order valence-corrected chi connectivity index (χ4v) is 2.35. The van der Waals surface area contributed by atoms with Crippen LogP contribution in [-0.4, -0.2) is 19.9 Å². The van der Waals surface area contributed by atoms with Crippen molar-refractivity contribution in [2.45, 2.75) is 6.42 Å². The third kappa shape index (κ3) is 3.53. The Balaban J connectivity index is 0.00000180. The largest absolute Gasteiger partial charge is 0.377 e. The molecular weight excluding hydrogens is 303 g/mol. The molecule has 0 aliphatic heterocycles. The van der Waals surface area contributed by atoms with Crippen LogP contribution < -0.4 is 5.32 Å². The van der Waals surface area contributed by atoms with Gasteiger partial charge in [0.25, 0.3) is 0 Å². The molecule has 2 aromatic carbocycles. The van der Waals surface area contributed by atoms with Gasteiger partial charge in [-0.1, -0.05) is 35.3 Å². The van der Waals surface area contributed by atoms with Crippen LogP contribution in [0.2, 0.25) is 10.0 Å². The van der Waals surface area contributed by atoms with Gasteiger partial charge in [0.2, 0.25) is 0 Å². The maximum absolute atomic E-state index is 6.20. The summed E-state index contributed by atoms with van der Waals surface area (Å²) in [5, 5.41) is 6.46. The number of hydrogen-bond acceptors (Lipinski definition) is 1. The second-order valence-corrected chi connectivity index (χ2v) is 4.82. The number of benzene rings is 2. The molecule has 0 fully saturated rings.